The Kier molecular flexibility index (Phi) is 10.2. The van der Waals surface area contributed by atoms with Gasteiger partial charge < -0.3 is 23.8 Å². The summed E-state index contributed by atoms with van der Waals surface area (Å²) in [5.74, 6) is 0.331. The van der Waals surface area contributed by atoms with E-state index in [1.165, 1.54) is 42.7 Å². The van der Waals surface area contributed by atoms with Crippen LogP contribution >= 0.6 is 35.0 Å². The first-order valence-corrected chi connectivity index (χ1v) is 18.1. The molecule has 3 aromatic rings. The number of alkyl halides is 2. The standard InChI is InChI=1S/C31H31Cl2F2N3O7S2/c1-37-8-10-42-25-7-5-20(13-24(25)37)47(40,41)38-9-11-46-29(38)30(39)44-27(14-21-22(32)15-36-16-23(21)33)19-4-6-26(45-31(34)35)28(12-19)43-17-18-2-3-18/h4-7,12-13,15-16,18,27,29,31H,2-3,8-11,14,17H2,1H3. The van der Waals surface area contributed by atoms with E-state index in [1.807, 2.05) is 11.9 Å². The van der Waals surface area contributed by atoms with Crippen LogP contribution in [-0.4, -0.2) is 74.8 Å². The number of likely N-dealkylation sites (N-methyl/N-ethyl adjacent to an activating group) is 1. The topological polar surface area (TPSA) is 108 Å². The smallest absolute Gasteiger partial charge is 0.387 e. The van der Waals surface area contributed by atoms with Crippen molar-refractivity contribution in [2.45, 2.75) is 42.2 Å². The Morgan fingerprint density at radius 2 is 1.87 bits per heavy atom. The first kappa shape index (κ1) is 33.8. The van der Waals surface area contributed by atoms with Crippen molar-refractivity contribution >= 4 is 56.6 Å². The molecule has 16 heteroatoms. The van der Waals surface area contributed by atoms with Gasteiger partial charge in [-0.3, -0.25) is 4.98 Å². The van der Waals surface area contributed by atoms with Gasteiger partial charge in [0.15, 0.2) is 16.9 Å². The van der Waals surface area contributed by atoms with Gasteiger partial charge in [-0.15, -0.1) is 11.8 Å². The summed E-state index contributed by atoms with van der Waals surface area (Å²) in [6, 6.07) is 8.88. The van der Waals surface area contributed by atoms with Gasteiger partial charge in [-0.2, -0.15) is 13.1 Å². The van der Waals surface area contributed by atoms with Crippen LogP contribution in [0.1, 0.15) is 30.1 Å². The van der Waals surface area contributed by atoms with Gasteiger partial charge >= 0.3 is 12.6 Å². The van der Waals surface area contributed by atoms with Gasteiger partial charge in [0.1, 0.15) is 18.5 Å². The van der Waals surface area contributed by atoms with E-state index >= 15 is 0 Å². The summed E-state index contributed by atoms with van der Waals surface area (Å²) in [5, 5.41) is -0.743. The molecule has 2 aliphatic heterocycles. The molecule has 47 heavy (non-hydrogen) atoms. The monoisotopic (exact) mass is 729 g/mol. The Bertz CT molecular complexity index is 1730. The molecule has 6 rings (SSSR count). The van der Waals surface area contributed by atoms with Gasteiger partial charge in [-0.25, -0.2) is 13.2 Å². The maximum absolute atomic E-state index is 13.9. The molecule has 2 unspecified atom stereocenters. The van der Waals surface area contributed by atoms with Gasteiger partial charge in [0.05, 0.1) is 33.8 Å². The molecule has 1 aromatic heterocycles. The second-order valence-corrected chi connectivity index (χ2v) is 15.2. The molecule has 10 nitrogen and oxygen atoms in total. The first-order chi connectivity index (χ1) is 22.5. The van der Waals surface area contributed by atoms with Crippen LogP contribution in [-0.2, 0) is 26.0 Å². The second-order valence-electron chi connectivity index (χ2n) is 11.3. The van der Waals surface area contributed by atoms with Crippen molar-refractivity contribution in [1.29, 1.82) is 0 Å². The van der Waals surface area contributed by atoms with Crippen LogP contribution in [0.5, 0.6) is 17.2 Å². The zero-order valence-corrected chi connectivity index (χ0v) is 28.3. The fourth-order valence-corrected chi connectivity index (χ4v) is 8.87. The third kappa shape index (κ3) is 7.67. The molecule has 3 aliphatic rings. The number of sulfonamides is 1. The van der Waals surface area contributed by atoms with E-state index < -0.39 is 34.1 Å². The van der Waals surface area contributed by atoms with Crippen LogP contribution in [0.15, 0.2) is 53.7 Å². The molecule has 0 spiro atoms. The average Bonchev–Trinajstić information content (AvgIpc) is 3.73. The van der Waals surface area contributed by atoms with Crippen LogP contribution in [0.25, 0.3) is 0 Å². The lowest BCUT2D eigenvalue weighted by Crippen LogP contribution is -2.41. The number of anilines is 1. The van der Waals surface area contributed by atoms with Gasteiger partial charge in [-0.05, 0) is 60.2 Å². The average molecular weight is 731 g/mol. The quantitative estimate of drug-likeness (QED) is 0.200. The summed E-state index contributed by atoms with van der Waals surface area (Å²) in [6.45, 7) is -1.60. The lowest BCUT2D eigenvalue weighted by molar-refractivity contribution is -0.150. The molecular formula is C31H31Cl2F2N3O7S2. The molecular weight excluding hydrogens is 699 g/mol. The number of ether oxygens (including phenoxy) is 4. The number of hydrogen-bond acceptors (Lipinski definition) is 10. The Balaban J connectivity index is 1.30. The number of thioether (sulfide) groups is 1. The van der Waals surface area contributed by atoms with Crippen molar-refractivity contribution in [1.82, 2.24) is 9.29 Å². The number of hydrogen-bond donors (Lipinski definition) is 0. The van der Waals surface area contributed by atoms with Crippen LogP contribution < -0.4 is 19.1 Å². The maximum Gasteiger partial charge on any atom is 0.387 e. The number of carbonyl (C=O) groups is 1. The summed E-state index contributed by atoms with van der Waals surface area (Å²) in [5.41, 5.74) is 1.44. The molecule has 0 bridgehead atoms. The van der Waals surface area contributed by atoms with Crippen LogP contribution in [0.2, 0.25) is 10.0 Å². The van der Waals surface area contributed by atoms with E-state index in [1.54, 1.807) is 6.07 Å². The highest BCUT2D eigenvalue weighted by molar-refractivity contribution is 8.02. The van der Waals surface area contributed by atoms with Gasteiger partial charge in [0, 0.05) is 38.2 Å². The third-order valence-corrected chi connectivity index (χ3v) is 11.8. The molecule has 0 N–H and O–H groups in total. The molecule has 2 aromatic carbocycles. The molecule has 252 valence electrons. The molecule has 2 fully saturated rings. The summed E-state index contributed by atoms with van der Waals surface area (Å²) < 4.78 is 77.5. The molecule has 0 radical (unpaired) electrons. The van der Waals surface area contributed by atoms with E-state index in [-0.39, 0.29) is 39.4 Å². The van der Waals surface area contributed by atoms with Crippen molar-refractivity contribution in [3.05, 3.63) is 70.0 Å². The number of esters is 1. The zero-order valence-electron chi connectivity index (χ0n) is 25.1. The largest absolute Gasteiger partial charge is 0.490 e. The fraction of sp³-hybridized carbons (Fsp3) is 0.419. The normalized spacial score (nSPS) is 18.9. The van der Waals surface area contributed by atoms with E-state index in [9.17, 15) is 22.0 Å². The minimum Gasteiger partial charge on any atom is -0.490 e. The maximum atomic E-state index is 13.9. The highest BCUT2D eigenvalue weighted by Gasteiger charge is 2.42. The van der Waals surface area contributed by atoms with Crippen molar-refractivity contribution in [2.75, 3.05) is 44.0 Å². The van der Waals surface area contributed by atoms with E-state index in [2.05, 4.69) is 9.72 Å². The Morgan fingerprint density at radius 3 is 2.60 bits per heavy atom. The van der Waals surface area contributed by atoms with Gasteiger partial charge in [0.25, 0.3) is 0 Å². The lowest BCUT2D eigenvalue weighted by Gasteiger charge is -2.29. The summed E-state index contributed by atoms with van der Waals surface area (Å²) >= 11 is 14.0. The van der Waals surface area contributed by atoms with Crippen molar-refractivity contribution in [2.24, 2.45) is 5.92 Å². The highest BCUT2D eigenvalue weighted by Crippen LogP contribution is 2.40. The summed E-state index contributed by atoms with van der Waals surface area (Å²) in [4.78, 5) is 19.8. The summed E-state index contributed by atoms with van der Waals surface area (Å²) in [6.07, 6.45) is 3.64. The molecule has 2 atom stereocenters. The van der Waals surface area contributed by atoms with Crippen LogP contribution in [0, 0.1) is 5.92 Å². The Hall–Kier alpha value is -3.04. The van der Waals surface area contributed by atoms with Crippen LogP contribution in [0.4, 0.5) is 14.5 Å². The lowest BCUT2D eigenvalue weighted by atomic mass is 10.0. The zero-order chi connectivity index (χ0) is 33.3. The van der Waals surface area contributed by atoms with Gasteiger partial charge in [-0.1, -0.05) is 29.3 Å². The minimum absolute atomic E-state index is 0.0212. The summed E-state index contributed by atoms with van der Waals surface area (Å²) in [7, 11) is -2.28. The SMILES string of the molecule is CN1CCOc2ccc(S(=O)(=O)N3CCSC3C(=O)OC(Cc3c(Cl)cncc3Cl)c3ccc(OC(F)F)c(OCC4CC4)c3)cc21. The molecule has 0 amide bonds. The van der Waals surface area contributed by atoms with Crippen molar-refractivity contribution < 1.29 is 40.9 Å². The highest BCUT2D eigenvalue weighted by atomic mass is 35.5. The number of carbonyl (C=O) groups excluding carboxylic acids is 1. The van der Waals surface area contributed by atoms with E-state index in [0.29, 0.717) is 54.0 Å². The van der Waals surface area contributed by atoms with E-state index in [0.717, 1.165) is 28.9 Å². The van der Waals surface area contributed by atoms with Gasteiger partial charge in [0.2, 0.25) is 10.0 Å². The number of aromatic nitrogens is 1. The third-order valence-electron chi connectivity index (χ3n) is 8.01. The number of nitrogens with zero attached hydrogens (tertiary/aromatic N) is 3. The Morgan fingerprint density at radius 1 is 1.11 bits per heavy atom. The van der Waals surface area contributed by atoms with Crippen molar-refractivity contribution in [3.63, 3.8) is 0 Å². The minimum atomic E-state index is -4.12. The molecule has 1 aliphatic carbocycles. The number of benzene rings is 2. The van der Waals surface area contributed by atoms with Crippen LogP contribution in [0.3, 0.4) is 0 Å². The van der Waals surface area contributed by atoms with E-state index in [4.69, 9.17) is 37.4 Å². The fourth-order valence-electron chi connectivity index (χ4n) is 5.28. The van der Waals surface area contributed by atoms with Crippen molar-refractivity contribution in [3.8, 4) is 17.2 Å². The number of halogens is 4. The predicted octanol–water partition coefficient (Wildman–Crippen LogP) is 6.20. The Labute approximate surface area is 285 Å². The second kappa shape index (κ2) is 14.2. The predicted molar refractivity (Wildman–Crippen MR) is 173 cm³/mol. The number of pyridine rings is 1. The molecule has 3 heterocycles. The number of fused-ring (bicyclic) bond motifs is 1. The molecule has 1 saturated carbocycles. The number of rotatable bonds is 12. The molecule has 1 saturated heterocycles. The first-order valence-electron chi connectivity index (χ1n) is 14.8.